The molecule has 0 aromatic carbocycles. The van der Waals surface area contributed by atoms with E-state index in [4.69, 9.17) is 5.11 Å². The van der Waals surface area contributed by atoms with Crippen molar-refractivity contribution >= 4 is 11.9 Å². The van der Waals surface area contributed by atoms with Gasteiger partial charge in [-0.1, -0.05) is 51.9 Å². The number of hydrogen-bond donors (Lipinski definition) is 1. The Balaban J connectivity index is 3.24. The lowest BCUT2D eigenvalue weighted by Crippen LogP contribution is -2.12. The molecule has 0 spiro atoms. The van der Waals surface area contributed by atoms with E-state index < -0.39 is 5.97 Å². The van der Waals surface area contributed by atoms with E-state index >= 15 is 0 Å². The SMILES string of the molecule is CCC(CCCCCCCCCCC(=O)OC)C(=O)O. The zero-order chi connectivity index (χ0) is 15.2. The van der Waals surface area contributed by atoms with Gasteiger partial charge in [-0.3, -0.25) is 9.59 Å². The first kappa shape index (κ1) is 18.9. The summed E-state index contributed by atoms with van der Waals surface area (Å²) in [6.45, 7) is 1.94. The average Bonchev–Trinajstić information content (AvgIpc) is 2.44. The summed E-state index contributed by atoms with van der Waals surface area (Å²) in [7, 11) is 1.43. The van der Waals surface area contributed by atoms with E-state index in [-0.39, 0.29) is 11.9 Å². The molecule has 0 fully saturated rings. The van der Waals surface area contributed by atoms with E-state index in [1.165, 1.54) is 32.8 Å². The molecule has 0 saturated heterocycles. The van der Waals surface area contributed by atoms with Gasteiger partial charge >= 0.3 is 11.9 Å². The summed E-state index contributed by atoms with van der Waals surface area (Å²) < 4.78 is 4.59. The number of methoxy groups -OCH3 is 1. The van der Waals surface area contributed by atoms with Crippen LogP contribution in [-0.2, 0) is 14.3 Å². The third kappa shape index (κ3) is 10.8. The number of carbonyl (C=O) groups excluding carboxylic acids is 1. The van der Waals surface area contributed by atoms with Crippen molar-refractivity contribution in [2.75, 3.05) is 7.11 Å². The number of carboxylic acid groups (broad SMARTS) is 1. The summed E-state index contributed by atoms with van der Waals surface area (Å²) >= 11 is 0. The lowest BCUT2D eigenvalue weighted by atomic mass is 9.98. The van der Waals surface area contributed by atoms with Gasteiger partial charge in [0.2, 0.25) is 0 Å². The molecule has 1 atom stereocenters. The van der Waals surface area contributed by atoms with E-state index in [0.29, 0.717) is 6.42 Å². The van der Waals surface area contributed by atoms with Crippen LogP contribution < -0.4 is 0 Å². The molecule has 0 aliphatic carbocycles. The van der Waals surface area contributed by atoms with E-state index in [1.807, 2.05) is 6.92 Å². The van der Waals surface area contributed by atoms with Crippen LogP contribution in [0.5, 0.6) is 0 Å². The smallest absolute Gasteiger partial charge is 0.306 e. The van der Waals surface area contributed by atoms with Gasteiger partial charge in [0.25, 0.3) is 0 Å². The van der Waals surface area contributed by atoms with Crippen LogP contribution in [0.3, 0.4) is 0 Å². The second-order valence-electron chi connectivity index (χ2n) is 5.39. The quantitative estimate of drug-likeness (QED) is 0.407. The number of aliphatic carboxylic acids is 1. The van der Waals surface area contributed by atoms with Crippen LogP contribution in [0.4, 0.5) is 0 Å². The molecule has 1 unspecified atom stereocenters. The van der Waals surface area contributed by atoms with Crippen LogP contribution in [-0.4, -0.2) is 24.2 Å². The van der Waals surface area contributed by atoms with Crippen molar-refractivity contribution in [1.29, 1.82) is 0 Å². The summed E-state index contributed by atoms with van der Waals surface area (Å²) in [5, 5.41) is 8.92. The number of ether oxygens (including phenoxy) is 1. The maximum atomic E-state index is 10.9. The van der Waals surface area contributed by atoms with Crippen LogP contribution >= 0.6 is 0 Å². The summed E-state index contributed by atoms with van der Waals surface area (Å²) in [4.78, 5) is 21.7. The molecule has 0 aromatic rings. The Bertz CT molecular complexity index is 263. The van der Waals surface area contributed by atoms with E-state index in [9.17, 15) is 9.59 Å². The highest BCUT2D eigenvalue weighted by Crippen LogP contribution is 2.16. The molecule has 1 N–H and O–H groups in total. The normalized spacial score (nSPS) is 12.1. The molecule has 0 aliphatic heterocycles. The molecular formula is C16H30O4. The molecule has 20 heavy (non-hydrogen) atoms. The van der Waals surface area contributed by atoms with Gasteiger partial charge in [0, 0.05) is 6.42 Å². The van der Waals surface area contributed by atoms with Crippen LogP contribution in [0.1, 0.15) is 77.6 Å². The average molecular weight is 286 g/mol. The molecule has 0 rings (SSSR count). The van der Waals surface area contributed by atoms with Gasteiger partial charge in [-0.05, 0) is 19.3 Å². The molecule has 0 radical (unpaired) electrons. The van der Waals surface area contributed by atoms with Crippen LogP contribution in [0, 0.1) is 5.92 Å². The van der Waals surface area contributed by atoms with E-state index in [2.05, 4.69) is 4.74 Å². The molecule has 0 aromatic heterocycles. The summed E-state index contributed by atoms with van der Waals surface area (Å²) in [6, 6.07) is 0. The summed E-state index contributed by atoms with van der Waals surface area (Å²) in [6.07, 6.45) is 11.0. The zero-order valence-corrected chi connectivity index (χ0v) is 13.0. The Labute approximate surface area is 122 Å². The molecule has 0 aliphatic rings. The predicted octanol–water partition coefficient (Wildman–Crippen LogP) is 4.17. The fraction of sp³-hybridized carbons (Fsp3) is 0.875. The Kier molecular flexibility index (Phi) is 12.3. The van der Waals surface area contributed by atoms with Crippen molar-refractivity contribution in [3.05, 3.63) is 0 Å². The van der Waals surface area contributed by atoms with Crippen molar-refractivity contribution in [2.24, 2.45) is 5.92 Å². The number of esters is 1. The van der Waals surface area contributed by atoms with Crippen molar-refractivity contribution in [3.8, 4) is 0 Å². The molecular weight excluding hydrogens is 256 g/mol. The van der Waals surface area contributed by atoms with Crippen LogP contribution in [0.15, 0.2) is 0 Å². The largest absolute Gasteiger partial charge is 0.481 e. The topological polar surface area (TPSA) is 63.6 Å². The zero-order valence-electron chi connectivity index (χ0n) is 13.0. The molecule has 4 heteroatoms. The first-order chi connectivity index (χ1) is 9.61. The van der Waals surface area contributed by atoms with Gasteiger partial charge in [0.1, 0.15) is 0 Å². The lowest BCUT2D eigenvalue weighted by molar-refractivity contribution is -0.142. The molecule has 0 bridgehead atoms. The van der Waals surface area contributed by atoms with Crippen molar-refractivity contribution in [3.63, 3.8) is 0 Å². The first-order valence-electron chi connectivity index (χ1n) is 7.91. The maximum absolute atomic E-state index is 10.9. The number of hydrogen-bond acceptors (Lipinski definition) is 3. The van der Waals surface area contributed by atoms with Gasteiger partial charge in [0.15, 0.2) is 0 Å². The molecule has 4 nitrogen and oxygen atoms in total. The minimum absolute atomic E-state index is 0.117. The lowest BCUT2D eigenvalue weighted by Gasteiger charge is -2.08. The number of carboxylic acids is 1. The summed E-state index contributed by atoms with van der Waals surface area (Å²) in [5.74, 6) is -0.930. The molecule has 0 amide bonds. The Morgan fingerprint density at radius 2 is 1.45 bits per heavy atom. The Morgan fingerprint density at radius 3 is 1.90 bits per heavy atom. The van der Waals surface area contributed by atoms with Crippen molar-refractivity contribution in [1.82, 2.24) is 0 Å². The highest BCUT2D eigenvalue weighted by Gasteiger charge is 2.13. The Hall–Kier alpha value is -1.06. The maximum Gasteiger partial charge on any atom is 0.306 e. The highest BCUT2D eigenvalue weighted by atomic mass is 16.5. The summed E-state index contributed by atoms with van der Waals surface area (Å²) in [5.41, 5.74) is 0. The van der Waals surface area contributed by atoms with Gasteiger partial charge in [-0.25, -0.2) is 0 Å². The molecule has 0 heterocycles. The van der Waals surface area contributed by atoms with Crippen molar-refractivity contribution < 1.29 is 19.4 Å². The Morgan fingerprint density at radius 1 is 0.950 bits per heavy atom. The first-order valence-corrected chi connectivity index (χ1v) is 7.91. The monoisotopic (exact) mass is 286 g/mol. The minimum atomic E-state index is -0.655. The third-order valence-corrected chi connectivity index (χ3v) is 3.75. The standard InChI is InChI=1S/C16H30O4/c1-3-14(16(18)19)12-10-8-6-4-5-7-9-11-13-15(17)20-2/h14H,3-13H2,1-2H3,(H,18,19). The predicted molar refractivity (Wildman–Crippen MR) is 79.6 cm³/mol. The van der Waals surface area contributed by atoms with Gasteiger partial charge < -0.3 is 9.84 Å². The van der Waals surface area contributed by atoms with Crippen LogP contribution in [0.2, 0.25) is 0 Å². The number of rotatable bonds is 13. The second kappa shape index (κ2) is 12.9. The van der Waals surface area contributed by atoms with E-state index in [0.717, 1.165) is 38.5 Å². The fourth-order valence-corrected chi connectivity index (χ4v) is 2.33. The number of carbonyl (C=O) groups is 2. The van der Waals surface area contributed by atoms with Crippen molar-refractivity contribution in [2.45, 2.75) is 77.6 Å². The second-order valence-corrected chi connectivity index (χ2v) is 5.39. The molecule has 0 saturated carbocycles. The van der Waals surface area contributed by atoms with Gasteiger partial charge in [-0.15, -0.1) is 0 Å². The third-order valence-electron chi connectivity index (χ3n) is 3.75. The van der Waals surface area contributed by atoms with Crippen LogP contribution in [0.25, 0.3) is 0 Å². The number of unbranched alkanes of at least 4 members (excludes halogenated alkanes) is 7. The molecule has 118 valence electrons. The van der Waals surface area contributed by atoms with Gasteiger partial charge in [0.05, 0.1) is 13.0 Å². The fourth-order valence-electron chi connectivity index (χ4n) is 2.33. The van der Waals surface area contributed by atoms with E-state index in [1.54, 1.807) is 0 Å². The minimum Gasteiger partial charge on any atom is -0.481 e. The van der Waals surface area contributed by atoms with Gasteiger partial charge in [-0.2, -0.15) is 0 Å². The highest BCUT2D eigenvalue weighted by molar-refractivity contribution is 5.69.